The van der Waals surface area contributed by atoms with Gasteiger partial charge in [-0.05, 0) is 24.3 Å². The second kappa shape index (κ2) is 14.2. The molecule has 4 heterocycles. The first-order valence-corrected chi connectivity index (χ1v) is 19.4. The Morgan fingerprint density at radius 1 is 0.396 bits per heavy atom. The van der Waals surface area contributed by atoms with Crippen LogP contribution < -0.4 is 0 Å². The van der Waals surface area contributed by atoms with Crippen LogP contribution in [0.2, 0.25) is 10.0 Å². The van der Waals surface area contributed by atoms with E-state index in [0.29, 0.717) is 10.0 Å². The molecule has 0 aliphatic carbocycles. The summed E-state index contributed by atoms with van der Waals surface area (Å²) in [6.45, 7) is 0. The molecule has 0 amide bonds. The van der Waals surface area contributed by atoms with Gasteiger partial charge in [0.25, 0.3) is 0 Å². The first-order chi connectivity index (χ1) is 23.6. The van der Waals surface area contributed by atoms with Gasteiger partial charge in [0.2, 0.25) is 0 Å². The maximum absolute atomic E-state index is 6.94. The fourth-order valence-electron chi connectivity index (χ4n) is 5.46. The summed E-state index contributed by atoms with van der Waals surface area (Å²) in [5.74, 6) is 1.74. The second-order valence-electron chi connectivity index (χ2n) is 10.7. The molecule has 8 rings (SSSR count). The van der Waals surface area contributed by atoms with E-state index in [4.69, 9.17) is 33.2 Å². The van der Waals surface area contributed by atoms with Crippen LogP contribution in [0.3, 0.4) is 0 Å². The lowest BCUT2D eigenvalue weighted by Gasteiger charge is -2.15. The molecular weight excluding hydrogens is 712 g/mol. The molecule has 0 aliphatic rings. The summed E-state index contributed by atoms with van der Waals surface area (Å²) < 4.78 is 0. The average Bonchev–Trinajstić information content (AvgIpc) is 3.13. The molecular formula is C38H24Cl2N4S4. The Bertz CT molecular complexity index is 2300. The minimum Gasteiger partial charge on any atom is -0.255 e. The molecule has 0 fully saturated rings. The first kappa shape index (κ1) is 31.7. The third-order valence-electron chi connectivity index (χ3n) is 7.76. The summed E-state index contributed by atoms with van der Waals surface area (Å²) in [5.41, 5.74) is 3.68. The molecule has 0 bridgehead atoms. The predicted octanol–water partition coefficient (Wildman–Crippen LogP) is 12.4. The topological polar surface area (TPSA) is 51.6 Å². The van der Waals surface area contributed by atoms with Crippen molar-refractivity contribution in [3.05, 3.63) is 132 Å². The van der Waals surface area contributed by atoms with Gasteiger partial charge in [0.05, 0.1) is 32.1 Å². The zero-order chi connectivity index (χ0) is 32.5. The van der Waals surface area contributed by atoms with Crippen LogP contribution in [0.4, 0.5) is 0 Å². The Kier molecular flexibility index (Phi) is 9.36. The lowest BCUT2D eigenvalue weighted by Crippen LogP contribution is -1.93. The summed E-state index contributed by atoms with van der Waals surface area (Å²) >= 11 is 20.8. The fourth-order valence-corrected chi connectivity index (χ4v) is 10.5. The van der Waals surface area contributed by atoms with Crippen LogP contribution in [-0.4, -0.2) is 31.4 Å². The van der Waals surface area contributed by atoms with Crippen LogP contribution in [0.25, 0.3) is 43.6 Å². The van der Waals surface area contributed by atoms with Crippen LogP contribution in [0.15, 0.2) is 151 Å². The van der Waals surface area contributed by atoms with E-state index in [2.05, 4.69) is 34.2 Å². The Morgan fingerprint density at radius 3 is 1.10 bits per heavy atom. The molecule has 0 saturated carbocycles. The average molecular weight is 736 g/mol. The van der Waals surface area contributed by atoms with Crippen LogP contribution in [0.5, 0.6) is 0 Å². The van der Waals surface area contributed by atoms with Crippen molar-refractivity contribution in [3.63, 3.8) is 0 Å². The van der Waals surface area contributed by atoms with Gasteiger partial charge in [-0.2, -0.15) is 0 Å². The molecule has 48 heavy (non-hydrogen) atoms. The number of hydrogen-bond acceptors (Lipinski definition) is 8. The van der Waals surface area contributed by atoms with Crippen LogP contribution in [0.1, 0.15) is 0 Å². The number of hydrogen-bond donors (Lipinski definition) is 0. The van der Waals surface area contributed by atoms with E-state index in [-0.39, 0.29) is 0 Å². The van der Waals surface area contributed by atoms with Crippen LogP contribution in [-0.2, 0) is 0 Å². The summed E-state index contributed by atoms with van der Waals surface area (Å²) in [4.78, 5) is 25.3. The van der Waals surface area contributed by atoms with E-state index in [1.807, 2.05) is 97.6 Å². The summed E-state index contributed by atoms with van der Waals surface area (Å²) in [6.07, 6.45) is 7.71. The molecule has 0 spiro atoms. The number of halogens is 2. The number of nitrogens with zero attached hydrogens (tertiary/aromatic N) is 4. The summed E-state index contributed by atoms with van der Waals surface area (Å²) in [6, 6.07) is 32.5. The zero-order valence-corrected chi connectivity index (χ0v) is 29.9. The third kappa shape index (κ3) is 6.33. The van der Waals surface area contributed by atoms with Gasteiger partial charge in [-0.1, -0.05) is 120 Å². The highest BCUT2D eigenvalue weighted by atomic mass is 35.5. The van der Waals surface area contributed by atoms with Gasteiger partial charge in [0.15, 0.2) is 0 Å². The van der Waals surface area contributed by atoms with Crippen molar-refractivity contribution >= 4 is 114 Å². The molecule has 0 saturated heterocycles. The lowest BCUT2D eigenvalue weighted by molar-refractivity contribution is 1.18. The van der Waals surface area contributed by atoms with Gasteiger partial charge < -0.3 is 0 Å². The summed E-state index contributed by atoms with van der Waals surface area (Å²) in [5, 5.41) is 5.53. The number of pyridine rings is 4. The fraction of sp³-hybridized carbons (Fsp3) is 0.0526. The van der Waals surface area contributed by atoms with Gasteiger partial charge in [0, 0.05) is 87.2 Å². The SMILES string of the molecule is Clc1c(Sc2c(SCCSc3cnc4ccccc4c3Sc3cnc4ccccc4c3Cl)cnc3ccccc23)cnc2ccccc12. The highest BCUT2D eigenvalue weighted by molar-refractivity contribution is 8.05. The molecule has 4 aromatic carbocycles. The smallest absolute Gasteiger partial charge is 0.0717 e. The maximum atomic E-state index is 6.94. The molecule has 10 heteroatoms. The monoisotopic (exact) mass is 734 g/mol. The van der Waals surface area contributed by atoms with Crippen molar-refractivity contribution in [2.24, 2.45) is 0 Å². The Labute approximate surface area is 304 Å². The van der Waals surface area contributed by atoms with E-state index in [1.54, 1.807) is 47.0 Å². The first-order valence-electron chi connectivity index (χ1n) is 15.1. The number of para-hydroxylation sites is 4. The van der Waals surface area contributed by atoms with Gasteiger partial charge in [0.1, 0.15) is 0 Å². The van der Waals surface area contributed by atoms with Crippen molar-refractivity contribution in [2.45, 2.75) is 29.4 Å². The van der Waals surface area contributed by atoms with E-state index in [9.17, 15) is 0 Å². The molecule has 0 atom stereocenters. The molecule has 0 aliphatic heterocycles. The zero-order valence-electron chi connectivity index (χ0n) is 25.1. The van der Waals surface area contributed by atoms with Crippen molar-refractivity contribution in [2.75, 3.05) is 11.5 Å². The largest absolute Gasteiger partial charge is 0.255 e. The van der Waals surface area contributed by atoms with Gasteiger partial charge >= 0.3 is 0 Å². The van der Waals surface area contributed by atoms with Crippen LogP contribution in [0, 0.1) is 0 Å². The minimum absolute atomic E-state index is 0.716. The Hall–Kier alpha value is -3.50. The number of fused-ring (bicyclic) bond motifs is 4. The van der Waals surface area contributed by atoms with Gasteiger partial charge in [-0.3, -0.25) is 19.9 Å². The van der Waals surface area contributed by atoms with E-state index < -0.39 is 0 Å². The van der Waals surface area contributed by atoms with E-state index in [1.165, 1.54) is 0 Å². The quantitative estimate of drug-likeness (QED) is 0.107. The lowest BCUT2D eigenvalue weighted by atomic mass is 10.2. The highest BCUT2D eigenvalue weighted by Crippen LogP contribution is 2.46. The third-order valence-corrected chi connectivity index (χ3v) is 13.7. The van der Waals surface area contributed by atoms with Crippen molar-refractivity contribution in [3.8, 4) is 0 Å². The molecule has 0 unspecified atom stereocenters. The number of thioether (sulfide) groups is 2. The van der Waals surface area contributed by atoms with Crippen molar-refractivity contribution < 1.29 is 0 Å². The van der Waals surface area contributed by atoms with Gasteiger partial charge in [-0.15, -0.1) is 23.5 Å². The normalized spacial score (nSPS) is 11.6. The maximum Gasteiger partial charge on any atom is 0.0717 e. The Balaban J connectivity index is 1.06. The molecule has 234 valence electrons. The number of aromatic nitrogens is 4. The standard InChI is InChI=1S/C38H24Cl2N4S4/c39-35-23-9-1-5-13-27(23)41-19-31(35)47-37-25-11-3-7-15-29(25)43-21-33(37)45-17-18-46-34-22-44-30-16-8-4-12-26(30)38(34)48-32-20-42-28-14-6-2-10-24(28)36(32)40/h1-16,19-22H,17-18H2. The second-order valence-corrected chi connectivity index (χ2v) is 15.9. The van der Waals surface area contributed by atoms with Crippen molar-refractivity contribution in [1.82, 2.24) is 19.9 Å². The van der Waals surface area contributed by atoms with Crippen LogP contribution >= 0.6 is 70.2 Å². The summed E-state index contributed by atoms with van der Waals surface area (Å²) in [7, 11) is 0. The number of rotatable bonds is 9. The molecule has 8 aromatic rings. The predicted molar refractivity (Wildman–Crippen MR) is 207 cm³/mol. The van der Waals surface area contributed by atoms with Gasteiger partial charge in [-0.25, -0.2) is 0 Å². The van der Waals surface area contributed by atoms with E-state index in [0.717, 1.165) is 84.5 Å². The number of benzene rings is 4. The Morgan fingerprint density at radius 2 is 0.708 bits per heavy atom. The molecule has 0 N–H and O–H groups in total. The van der Waals surface area contributed by atoms with Crippen molar-refractivity contribution in [1.29, 1.82) is 0 Å². The molecule has 4 nitrogen and oxygen atoms in total. The minimum atomic E-state index is 0.716. The highest BCUT2D eigenvalue weighted by Gasteiger charge is 2.17. The van der Waals surface area contributed by atoms with E-state index >= 15 is 0 Å². The molecule has 4 aromatic heterocycles. The molecule has 0 radical (unpaired) electrons.